The molecule has 0 N–H and O–H groups in total. The number of likely N-dealkylation sites (tertiary alicyclic amines) is 1. The fourth-order valence-electron chi connectivity index (χ4n) is 3.84. The van der Waals surface area contributed by atoms with Crippen molar-refractivity contribution < 1.29 is 4.79 Å². The minimum Gasteiger partial charge on any atom is -0.356 e. The van der Waals surface area contributed by atoms with Crippen LogP contribution < -0.4 is 4.90 Å². The Labute approximate surface area is 141 Å². The van der Waals surface area contributed by atoms with Gasteiger partial charge in [-0.15, -0.1) is 0 Å². The van der Waals surface area contributed by atoms with Gasteiger partial charge in [-0.2, -0.15) is 0 Å². The second-order valence-electron chi connectivity index (χ2n) is 6.74. The summed E-state index contributed by atoms with van der Waals surface area (Å²) in [5.41, 5.74) is 0.756. The first-order valence-electron chi connectivity index (χ1n) is 8.47. The van der Waals surface area contributed by atoms with Crippen LogP contribution in [0.15, 0.2) is 43.0 Å². The Morgan fingerprint density at radius 1 is 1.00 bits per heavy atom. The van der Waals surface area contributed by atoms with Crippen LogP contribution in [0.25, 0.3) is 0 Å². The topological polar surface area (TPSA) is 62.2 Å². The van der Waals surface area contributed by atoms with E-state index in [0.717, 1.165) is 44.8 Å². The molecule has 4 heterocycles. The molecule has 1 amide bonds. The lowest BCUT2D eigenvalue weighted by Gasteiger charge is -2.39. The van der Waals surface area contributed by atoms with E-state index in [4.69, 9.17) is 0 Å². The Balaban J connectivity index is 1.39. The molecule has 2 aromatic rings. The van der Waals surface area contributed by atoms with Gasteiger partial charge < -0.3 is 9.80 Å². The third kappa shape index (κ3) is 2.84. The predicted molar refractivity (Wildman–Crippen MR) is 90.7 cm³/mol. The zero-order valence-corrected chi connectivity index (χ0v) is 13.6. The van der Waals surface area contributed by atoms with Crippen LogP contribution in [0.5, 0.6) is 0 Å². The van der Waals surface area contributed by atoms with Crippen molar-refractivity contribution in [3.8, 4) is 0 Å². The van der Waals surface area contributed by atoms with E-state index in [9.17, 15) is 4.79 Å². The zero-order valence-electron chi connectivity index (χ0n) is 13.6. The van der Waals surface area contributed by atoms with Crippen LogP contribution in [-0.2, 0) is 0 Å². The number of pyridine rings is 1. The molecule has 2 saturated heterocycles. The van der Waals surface area contributed by atoms with Gasteiger partial charge in [0, 0.05) is 44.8 Å². The second-order valence-corrected chi connectivity index (χ2v) is 6.74. The van der Waals surface area contributed by atoms with Crippen molar-refractivity contribution >= 4 is 11.7 Å². The highest BCUT2D eigenvalue weighted by Crippen LogP contribution is 2.41. The summed E-state index contributed by atoms with van der Waals surface area (Å²) in [6.07, 6.45) is 9.82. The highest BCUT2D eigenvalue weighted by atomic mass is 16.2. The summed E-state index contributed by atoms with van der Waals surface area (Å²) >= 11 is 0. The highest BCUT2D eigenvalue weighted by molar-refractivity contribution is 5.92. The van der Waals surface area contributed by atoms with Gasteiger partial charge in [0.15, 0.2) is 0 Å². The van der Waals surface area contributed by atoms with Gasteiger partial charge in [-0.1, -0.05) is 6.07 Å². The Kier molecular flexibility index (Phi) is 3.88. The van der Waals surface area contributed by atoms with Gasteiger partial charge in [-0.25, -0.2) is 9.97 Å². The van der Waals surface area contributed by atoms with E-state index < -0.39 is 0 Å². The van der Waals surface area contributed by atoms with E-state index in [0.29, 0.717) is 11.1 Å². The Bertz CT molecular complexity index is 698. The first kappa shape index (κ1) is 15.1. The predicted octanol–water partition coefficient (Wildman–Crippen LogP) is 2.00. The molecule has 24 heavy (non-hydrogen) atoms. The van der Waals surface area contributed by atoms with Gasteiger partial charge in [0.05, 0.1) is 6.20 Å². The lowest BCUT2D eigenvalue weighted by atomic mass is 9.77. The van der Waals surface area contributed by atoms with Gasteiger partial charge in [0.25, 0.3) is 5.91 Å². The maximum absolute atomic E-state index is 12.5. The van der Waals surface area contributed by atoms with Crippen molar-refractivity contribution in [3.05, 3.63) is 48.7 Å². The highest BCUT2D eigenvalue weighted by Gasteiger charge is 2.41. The number of aromatic nitrogens is 3. The largest absolute Gasteiger partial charge is 0.356 e. The van der Waals surface area contributed by atoms with Crippen molar-refractivity contribution in [2.24, 2.45) is 5.41 Å². The number of piperidine rings is 1. The summed E-state index contributed by atoms with van der Waals surface area (Å²) in [6, 6.07) is 6.06. The van der Waals surface area contributed by atoms with E-state index in [1.54, 1.807) is 18.6 Å². The molecule has 4 rings (SSSR count). The number of hydrogen-bond acceptors (Lipinski definition) is 5. The average molecular weight is 323 g/mol. The Morgan fingerprint density at radius 3 is 2.54 bits per heavy atom. The first-order valence-corrected chi connectivity index (χ1v) is 8.47. The van der Waals surface area contributed by atoms with Crippen molar-refractivity contribution in [3.63, 3.8) is 0 Å². The zero-order chi connectivity index (χ0) is 16.4. The lowest BCUT2D eigenvalue weighted by molar-refractivity contribution is 0.0604. The van der Waals surface area contributed by atoms with Gasteiger partial charge in [-0.3, -0.25) is 9.78 Å². The third-order valence-corrected chi connectivity index (χ3v) is 5.31. The standard InChI is InChI=1S/C18H21N5O/c24-17(15-13-19-8-9-20-15)22-10-4-18(5-11-22)6-12-23(14-18)16-3-1-2-7-21-16/h1-3,7-9,13H,4-6,10-12,14H2. The quantitative estimate of drug-likeness (QED) is 0.846. The van der Waals surface area contributed by atoms with E-state index in [1.807, 2.05) is 23.2 Å². The molecule has 1 spiro atoms. The molecule has 6 heteroatoms. The van der Waals surface area contributed by atoms with E-state index in [2.05, 4.69) is 25.9 Å². The summed E-state index contributed by atoms with van der Waals surface area (Å²) in [6.45, 7) is 3.68. The molecule has 0 bridgehead atoms. The number of rotatable bonds is 2. The lowest BCUT2D eigenvalue weighted by Crippen LogP contribution is -2.44. The first-order chi connectivity index (χ1) is 11.8. The fourth-order valence-corrected chi connectivity index (χ4v) is 3.84. The summed E-state index contributed by atoms with van der Waals surface area (Å²) in [5.74, 6) is 1.06. The van der Waals surface area contributed by atoms with Crippen LogP contribution in [-0.4, -0.2) is 51.9 Å². The molecule has 6 nitrogen and oxygen atoms in total. The molecule has 0 atom stereocenters. The van der Waals surface area contributed by atoms with Crippen LogP contribution in [0.2, 0.25) is 0 Å². The maximum atomic E-state index is 12.5. The maximum Gasteiger partial charge on any atom is 0.274 e. The normalized spacial score (nSPS) is 19.7. The van der Waals surface area contributed by atoms with Gasteiger partial charge in [0.1, 0.15) is 11.5 Å². The number of carbonyl (C=O) groups excluding carboxylic acids is 1. The smallest absolute Gasteiger partial charge is 0.274 e. The summed E-state index contributed by atoms with van der Waals surface area (Å²) in [7, 11) is 0. The molecular weight excluding hydrogens is 302 g/mol. The molecule has 0 radical (unpaired) electrons. The van der Waals surface area contributed by atoms with E-state index in [1.165, 1.54) is 6.42 Å². The molecule has 0 saturated carbocycles. The van der Waals surface area contributed by atoms with E-state index >= 15 is 0 Å². The van der Waals surface area contributed by atoms with Crippen LogP contribution in [0.3, 0.4) is 0 Å². The van der Waals surface area contributed by atoms with Crippen LogP contribution >= 0.6 is 0 Å². The van der Waals surface area contributed by atoms with Crippen molar-refractivity contribution in [2.75, 3.05) is 31.1 Å². The number of hydrogen-bond donors (Lipinski definition) is 0. The molecule has 124 valence electrons. The van der Waals surface area contributed by atoms with Crippen molar-refractivity contribution in [2.45, 2.75) is 19.3 Å². The molecular formula is C18H21N5O. The summed E-state index contributed by atoms with van der Waals surface area (Å²) in [4.78, 5) is 29.4. The van der Waals surface area contributed by atoms with Gasteiger partial charge in [-0.05, 0) is 36.8 Å². The Hall–Kier alpha value is -2.50. The van der Waals surface area contributed by atoms with Gasteiger partial charge >= 0.3 is 0 Å². The Morgan fingerprint density at radius 2 is 1.83 bits per heavy atom. The van der Waals surface area contributed by atoms with Gasteiger partial charge in [0.2, 0.25) is 0 Å². The van der Waals surface area contributed by atoms with Crippen LogP contribution in [0, 0.1) is 5.41 Å². The molecule has 0 unspecified atom stereocenters. The molecule has 2 aromatic heterocycles. The van der Waals surface area contributed by atoms with Crippen LogP contribution in [0.1, 0.15) is 29.8 Å². The summed E-state index contributed by atoms with van der Waals surface area (Å²) in [5, 5.41) is 0. The third-order valence-electron chi connectivity index (χ3n) is 5.31. The summed E-state index contributed by atoms with van der Waals surface area (Å²) < 4.78 is 0. The van der Waals surface area contributed by atoms with Crippen molar-refractivity contribution in [1.82, 2.24) is 19.9 Å². The minimum atomic E-state index is -0.00229. The number of anilines is 1. The van der Waals surface area contributed by atoms with Crippen LogP contribution in [0.4, 0.5) is 5.82 Å². The van der Waals surface area contributed by atoms with Crippen molar-refractivity contribution in [1.29, 1.82) is 0 Å². The molecule has 2 aliphatic heterocycles. The number of carbonyl (C=O) groups is 1. The SMILES string of the molecule is O=C(c1cnccn1)N1CCC2(CC1)CCN(c1ccccn1)C2. The average Bonchev–Trinajstić information content (AvgIpc) is 3.07. The molecule has 2 fully saturated rings. The molecule has 0 aromatic carbocycles. The minimum absolute atomic E-state index is 0.00229. The number of amides is 1. The monoisotopic (exact) mass is 323 g/mol. The molecule has 0 aliphatic carbocycles. The molecule has 2 aliphatic rings. The fraction of sp³-hybridized carbons (Fsp3) is 0.444. The van der Waals surface area contributed by atoms with E-state index in [-0.39, 0.29) is 5.91 Å². The second kappa shape index (κ2) is 6.19. The number of nitrogens with zero attached hydrogens (tertiary/aromatic N) is 5.